The summed E-state index contributed by atoms with van der Waals surface area (Å²) in [4.78, 5) is 12.4. The minimum atomic E-state index is -0.106. The predicted molar refractivity (Wildman–Crippen MR) is 84.6 cm³/mol. The van der Waals surface area contributed by atoms with E-state index in [1.807, 2.05) is 18.2 Å². The van der Waals surface area contributed by atoms with Crippen LogP contribution in [0.25, 0.3) is 0 Å². The van der Waals surface area contributed by atoms with Crippen molar-refractivity contribution in [1.82, 2.24) is 5.32 Å². The van der Waals surface area contributed by atoms with Crippen LogP contribution in [0.4, 0.5) is 0 Å². The van der Waals surface area contributed by atoms with Gasteiger partial charge in [-0.15, -0.1) is 0 Å². The number of carbonyl (C=O) groups is 1. The zero-order valence-corrected chi connectivity index (χ0v) is 12.6. The first-order valence-corrected chi connectivity index (χ1v) is 8.28. The fourth-order valence-corrected chi connectivity index (χ4v) is 4.18. The summed E-state index contributed by atoms with van der Waals surface area (Å²) in [5.41, 5.74) is 6.99. The Morgan fingerprint density at radius 2 is 2.05 bits per heavy atom. The van der Waals surface area contributed by atoms with Gasteiger partial charge in [-0.25, -0.2) is 0 Å². The number of hydrogen-bond donors (Lipinski definition) is 2. The quantitative estimate of drug-likeness (QED) is 0.843. The Kier molecular flexibility index (Phi) is 4.59. The molecule has 1 aromatic rings. The maximum Gasteiger partial charge on any atom is 0.224 e. The molecular weight excluding hydrogens is 260 g/mol. The summed E-state index contributed by atoms with van der Waals surface area (Å²) in [6.07, 6.45) is 6.23. The Morgan fingerprint density at radius 1 is 1.24 bits per heavy atom. The van der Waals surface area contributed by atoms with E-state index in [9.17, 15) is 4.79 Å². The molecule has 0 saturated heterocycles. The van der Waals surface area contributed by atoms with Gasteiger partial charge in [0.1, 0.15) is 0 Å². The summed E-state index contributed by atoms with van der Waals surface area (Å²) in [6.45, 7) is 1.27. The second-order valence-corrected chi connectivity index (χ2v) is 6.80. The third-order valence-corrected chi connectivity index (χ3v) is 5.40. The van der Waals surface area contributed by atoms with E-state index >= 15 is 0 Å². The third-order valence-electron chi connectivity index (χ3n) is 5.40. The van der Waals surface area contributed by atoms with Gasteiger partial charge in [0.25, 0.3) is 0 Å². The van der Waals surface area contributed by atoms with Crippen LogP contribution in [0.15, 0.2) is 30.3 Å². The zero-order chi connectivity index (χ0) is 14.7. The average Bonchev–Trinajstić information content (AvgIpc) is 3.14. The van der Waals surface area contributed by atoms with Crippen LogP contribution in [0.2, 0.25) is 0 Å². The molecule has 0 spiro atoms. The Morgan fingerprint density at radius 3 is 2.67 bits per heavy atom. The van der Waals surface area contributed by atoms with Gasteiger partial charge in [-0.2, -0.15) is 0 Å². The van der Waals surface area contributed by atoms with Crippen molar-refractivity contribution < 1.29 is 4.79 Å². The van der Waals surface area contributed by atoms with Crippen LogP contribution in [-0.4, -0.2) is 19.0 Å². The molecule has 2 aliphatic carbocycles. The molecule has 1 aromatic carbocycles. The molecule has 1 amide bonds. The smallest absolute Gasteiger partial charge is 0.224 e. The lowest BCUT2D eigenvalue weighted by atomic mass is 9.88. The summed E-state index contributed by atoms with van der Waals surface area (Å²) in [5.74, 6) is 2.53. The predicted octanol–water partition coefficient (Wildman–Crippen LogP) is 2.36. The normalized spacial score (nSPS) is 28.5. The van der Waals surface area contributed by atoms with Crippen molar-refractivity contribution in [2.75, 3.05) is 13.1 Å². The molecule has 114 valence electrons. The van der Waals surface area contributed by atoms with E-state index in [1.54, 1.807) is 0 Å². The fourth-order valence-electron chi connectivity index (χ4n) is 4.18. The topological polar surface area (TPSA) is 55.1 Å². The van der Waals surface area contributed by atoms with Gasteiger partial charge in [0, 0.05) is 13.1 Å². The van der Waals surface area contributed by atoms with Crippen molar-refractivity contribution in [2.45, 2.75) is 32.1 Å². The van der Waals surface area contributed by atoms with Crippen molar-refractivity contribution in [3.8, 4) is 0 Å². The van der Waals surface area contributed by atoms with E-state index < -0.39 is 0 Å². The zero-order valence-electron chi connectivity index (χ0n) is 12.6. The molecule has 3 heteroatoms. The molecule has 3 N–H and O–H groups in total. The van der Waals surface area contributed by atoms with E-state index in [1.165, 1.54) is 31.2 Å². The first-order valence-electron chi connectivity index (χ1n) is 8.28. The number of nitrogens with two attached hydrogens (primary N) is 1. The molecule has 2 bridgehead atoms. The number of hydrogen-bond acceptors (Lipinski definition) is 2. The SMILES string of the molecule is NCC(Cc1ccccc1)C(=O)NCC1CC2CCC1C2. The van der Waals surface area contributed by atoms with Gasteiger partial charge >= 0.3 is 0 Å². The summed E-state index contributed by atoms with van der Waals surface area (Å²) in [6, 6.07) is 10.1. The number of carbonyl (C=O) groups excluding carboxylic acids is 1. The van der Waals surface area contributed by atoms with E-state index in [0.29, 0.717) is 12.5 Å². The van der Waals surface area contributed by atoms with Gasteiger partial charge in [-0.3, -0.25) is 4.79 Å². The highest BCUT2D eigenvalue weighted by atomic mass is 16.1. The fraction of sp³-hybridized carbons (Fsp3) is 0.611. The lowest BCUT2D eigenvalue weighted by molar-refractivity contribution is -0.124. The summed E-state index contributed by atoms with van der Waals surface area (Å²) >= 11 is 0. The van der Waals surface area contributed by atoms with Crippen LogP contribution in [0, 0.1) is 23.7 Å². The minimum Gasteiger partial charge on any atom is -0.356 e. The van der Waals surface area contributed by atoms with E-state index in [-0.39, 0.29) is 11.8 Å². The Balaban J connectivity index is 1.49. The molecule has 21 heavy (non-hydrogen) atoms. The van der Waals surface area contributed by atoms with Crippen LogP contribution in [0.3, 0.4) is 0 Å². The molecule has 2 fully saturated rings. The highest BCUT2D eigenvalue weighted by Gasteiger charge is 2.39. The van der Waals surface area contributed by atoms with Crippen molar-refractivity contribution in [2.24, 2.45) is 29.4 Å². The van der Waals surface area contributed by atoms with Crippen LogP contribution >= 0.6 is 0 Å². The molecule has 3 rings (SSSR count). The molecule has 2 saturated carbocycles. The van der Waals surface area contributed by atoms with Crippen molar-refractivity contribution >= 4 is 5.91 Å². The van der Waals surface area contributed by atoms with Gasteiger partial charge in [0.05, 0.1) is 5.92 Å². The summed E-state index contributed by atoms with van der Waals surface area (Å²) < 4.78 is 0. The lowest BCUT2D eigenvalue weighted by Gasteiger charge is -2.23. The summed E-state index contributed by atoms with van der Waals surface area (Å²) in [7, 11) is 0. The van der Waals surface area contributed by atoms with Gasteiger partial charge in [0.15, 0.2) is 0 Å². The molecule has 4 atom stereocenters. The van der Waals surface area contributed by atoms with Gasteiger partial charge in [-0.05, 0) is 49.0 Å². The minimum absolute atomic E-state index is 0.106. The molecule has 0 aromatic heterocycles. The second kappa shape index (κ2) is 6.61. The molecule has 3 nitrogen and oxygen atoms in total. The molecule has 0 radical (unpaired) electrons. The molecule has 0 heterocycles. The second-order valence-electron chi connectivity index (χ2n) is 6.80. The largest absolute Gasteiger partial charge is 0.356 e. The number of amides is 1. The molecule has 4 unspecified atom stereocenters. The highest BCUT2D eigenvalue weighted by molar-refractivity contribution is 5.79. The van der Waals surface area contributed by atoms with E-state index in [2.05, 4.69) is 17.4 Å². The number of rotatable bonds is 6. The molecule has 0 aliphatic heterocycles. The first kappa shape index (κ1) is 14.6. The van der Waals surface area contributed by atoms with Gasteiger partial charge in [-0.1, -0.05) is 36.8 Å². The Labute approximate surface area is 127 Å². The van der Waals surface area contributed by atoms with E-state index in [4.69, 9.17) is 5.73 Å². The van der Waals surface area contributed by atoms with Crippen LogP contribution in [-0.2, 0) is 11.2 Å². The van der Waals surface area contributed by atoms with Crippen molar-refractivity contribution in [1.29, 1.82) is 0 Å². The number of benzene rings is 1. The Bertz CT molecular complexity index is 473. The number of fused-ring (bicyclic) bond motifs is 2. The average molecular weight is 286 g/mol. The maximum atomic E-state index is 12.4. The van der Waals surface area contributed by atoms with Crippen LogP contribution in [0.5, 0.6) is 0 Å². The third kappa shape index (κ3) is 3.46. The molecule has 2 aliphatic rings. The van der Waals surface area contributed by atoms with Crippen molar-refractivity contribution in [3.05, 3.63) is 35.9 Å². The van der Waals surface area contributed by atoms with Crippen molar-refractivity contribution in [3.63, 3.8) is 0 Å². The van der Waals surface area contributed by atoms with E-state index in [0.717, 1.165) is 24.8 Å². The van der Waals surface area contributed by atoms with Gasteiger partial charge in [0.2, 0.25) is 5.91 Å². The standard InChI is InChI=1S/C18H26N2O/c19-11-16(8-13-4-2-1-3-5-13)18(21)20-12-17-10-14-6-7-15(17)9-14/h1-5,14-17H,6-12,19H2,(H,20,21). The number of nitrogens with one attached hydrogen (secondary N) is 1. The lowest BCUT2D eigenvalue weighted by Crippen LogP contribution is -2.39. The molecular formula is C18H26N2O. The van der Waals surface area contributed by atoms with Gasteiger partial charge < -0.3 is 11.1 Å². The summed E-state index contributed by atoms with van der Waals surface area (Å²) in [5, 5.41) is 3.16. The Hall–Kier alpha value is -1.35. The maximum absolute atomic E-state index is 12.4. The van der Waals surface area contributed by atoms with Crippen LogP contribution < -0.4 is 11.1 Å². The highest BCUT2D eigenvalue weighted by Crippen LogP contribution is 2.47. The van der Waals surface area contributed by atoms with Crippen LogP contribution in [0.1, 0.15) is 31.2 Å². The monoisotopic (exact) mass is 286 g/mol. The first-order chi connectivity index (χ1) is 10.3.